The average Bonchev–Trinajstić information content (AvgIpc) is 2.82. The van der Waals surface area contributed by atoms with Crippen molar-refractivity contribution in [3.8, 4) is 28.4 Å². The van der Waals surface area contributed by atoms with Gasteiger partial charge in [-0.2, -0.15) is 0 Å². The van der Waals surface area contributed by atoms with E-state index in [2.05, 4.69) is 23.1 Å². The molecular weight excluding hydrogens is 390 g/mol. The zero-order valence-electron chi connectivity index (χ0n) is 18.1. The van der Waals surface area contributed by atoms with Gasteiger partial charge in [-0.25, -0.2) is 0 Å². The molecule has 1 heterocycles. The third-order valence-corrected chi connectivity index (χ3v) is 5.67. The van der Waals surface area contributed by atoms with Gasteiger partial charge >= 0.3 is 0 Å². The second kappa shape index (κ2) is 9.86. The lowest BCUT2D eigenvalue weighted by Gasteiger charge is -2.31. The van der Waals surface area contributed by atoms with Crippen molar-refractivity contribution >= 4 is 0 Å². The lowest BCUT2D eigenvalue weighted by Crippen LogP contribution is -2.38. The number of fused-ring (bicyclic) bond motifs is 1. The fourth-order valence-electron chi connectivity index (χ4n) is 4.01. The third-order valence-electron chi connectivity index (χ3n) is 5.67. The zero-order valence-corrected chi connectivity index (χ0v) is 18.1. The second-order valence-electron chi connectivity index (χ2n) is 7.82. The fraction of sp³-hybridized carbons (Fsp3) is 0.308. The Kier molecular flexibility index (Phi) is 6.75. The quantitative estimate of drug-likeness (QED) is 0.594. The number of ether oxygens (including phenoxy) is 3. The van der Waals surface area contributed by atoms with Crippen LogP contribution in [0, 0.1) is 0 Å². The molecule has 31 heavy (non-hydrogen) atoms. The van der Waals surface area contributed by atoms with Crippen molar-refractivity contribution in [2.24, 2.45) is 0 Å². The van der Waals surface area contributed by atoms with Gasteiger partial charge < -0.3 is 19.3 Å². The Bertz CT molecular complexity index is 988. The summed E-state index contributed by atoms with van der Waals surface area (Å²) in [5, 5.41) is 10.5. The van der Waals surface area contributed by atoms with Gasteiger partial charge in [0.15, 0.2) is 11.5 Å². The molecule has 5 heteroatoms. The maximum atomic E-state index is 10.5. The highest BCUT2D eigenvalue weighted by molar-refractivity contribution is 5.63. The molecule has 0 bridgehead atoms. The number of methoxy groups -OCH3 is 2. The van der Waals surface area contributed by atoms with Crippen LogP contribution in [0.3, 0.4) is 0 Å². The minimum Gasteiger partial charge on any atom is -0.493 e. The van der Waals surface area contributed by atoms with Gasteiger partial charge in [-0.15, -0.1) is 0 Å². The van der Waals surface area contributed by atoms with E-state index in [1.54, 1.807) is 14.2 Å². The van der Waals surface area contributed by atoms with Crippen LogP contribution in [0.15, 0.2) is 66.7 Å². The van der Waals surface area contributed by atoms with Gasteiger partial charge in [0.1, 0.15) is 18.5 Å². The van der Waals surface area contributed by atoms with E-state index in [9.17, 15) is 5.11 Å². The first-order valence-corrected chi connectivity index (χ1v) is 10.6. The summed E-state index contributed by atoms with van der Waals surface area (Å²) >= 11 is 0. The summed E-state index contributed by atoms with van der Waals surface area (Å²) in [7, 11) is 3.31. The molecule has 3 aromatic carbocycles. The van der Waals surface area contributed by atoms with Gasteiger partial charge in [-0.3, -0.25) is 4.90 Å². The Hall–Kier alpha value is -3.02. The second-order valence-corrected chi connectivity index (χ2v) is 7.82. The van der Waals surface area contributed by atoms with Crippen molar-refractivity contribution in [1.29, 1.82) is 0 Å². The molecule has 0 amide bonds. The van der Waals surface area contributed by atoms with Crippen LogP contribution in [0.1, 0.15) is 11.1 Å². The monoisotopic (exact) mass is 419 g/mol. The fourth-order valence-corrected chi connectivity index (χ4v) is 4.01. The van der Waals surface area contributed by atoms with Crippen LogP contribution in [-0.4, -0.2) is 50.0 Å². The molecule has 0 spiro atoms. The summed E-state index contributed by atoms with van der Waals surface area (Å²) in [6, 6.07) is 22.3. The highest BCUT2D eigenvalue weighted by Crippen LogP contribution is 2.33. The van der Waals surface area contributed by atoms with Crippen molar-refractivity contribution in [2.45, 2.75) is 19.1 Å². The van der Waals surface area contributed by atoms with Gasteiger partial charge in [-0.1, -0.05) is 42.5 Å². The van der Waals surface area contributed by atoms with E-state index in [1.165, 1.54) is 16.7 Å². The van der Waals surface area contributed by atoms with E-state index >= 15 is 0 Å². The van der Waals surface area contributed by atoms with E-state index in [0.717, 1.165) is 42.3 Å². The molecule has 3 aromatic rings. The van der Waals surface area contributed by atoms with Crippen LogP contribution in [0.25, 0.3) is 11.1 Å². The normalized spacial score (nSPS) is 14.5. The topological polar surface area (TPSA) is 51.2 Å². The van der Waals surface area contributed by atoms with E-state index in [0.29, 0.717) is 6.54 Å². The van der Waals surface area contributed by atoms with E-state index < -0.39 is 6.10 Å². The first-order valence-electron chi connectivity index (χ1n) is 10.6. The number of nitrogens with zero attached hydrogens (tertiary/aromatic N) is 1. The number of benzene rings is 3. The Morgan fingerprint density at radius 2 is 1.52 bits per heavy atom. The first-order chi connectivity index (χ1) is 15.2. The summed E-state index contributed by atoms with van der Waals surface area (Å²) in [4.78, 5) is 2.25. The number of hydrogen-bond acceptors (Lipinski definition) is 5. The zero-order chi connectivity index (χ0) is 21.6. The van der Waals surface area contributed by atoms with Gasteiger partial charge in [-0.05, 0) is 52.9 Å². The molecule has 1 atom stereocenters. The summed E-state index contributed by atoms with van der Waals surface area (Å²) in [6.07, 6.45) is 0.361. The average molecular weight is 420 g/mol. The minimum atomic E-state index is -0.560. The van der Waals surface area contributed by atoms with Crippen LogP contribution < -0.4 is 14.2 Å². The van der Waals surface area contributed by atoms with Crippen molar-refractivity contribution < 1.29 is 19.3 Å². The van der Waals surface area contributed by atoms with E-state index in [1.807, 2.05) is 48.5 Å². The molecule has 5 nitrogen and oxygen atoms in total. The molecule has 4 rings (SSSR count). The maximum absolute atomic E-state index is 10.5. The van der Waals surface area contributed by atoms with Crippen molar-refractivity contribution in [2.75, 3.05) is 33.9 Å². The van der Waals surface area contributed by atoms with Gasteiger partial charge in [0.05, 0.1) is 14.2 Å². The molecular formula is C26H29NO4. The standard InChI is InChI=1S/C26H29NO4/c1-29-25-14-21-12-13-27(16-22(21)15-26(25)30-2)17-23(28)18-31-24-10-8-20(9-11-24)19-6-4-3-5-7-19/h3-11,14-15,23,28H,12-13,16-18H2,1-2H3. The van der Waals surface area contributed by atoms with Crippen LogP contribution in [0.4, 0.5) is 0 Å². The minimum absolute atomic E-state index is 0.264. The molecule has 1 N–H and O–H groups in total. The lowest BCUT2D eigenvalue weighted by molar-refractivity contribution is 0.0637. The van der Waals surface area contributed by atoms with Crippen molar-refractivity contribution in [3.63, 3.8) is 0 Å². The smallest absolute Gasteiger partial charge is 0.161 e. The number of β-amino-alcohol motifs (C(OH)–C–C–N with tert-alkyl or cyclic N) is 1. The number of aliphatic hydroxyl groups is 1. The van der Waals surface area contributed by atoms with Crippen LogP contribution in [0.2, 0.25) is 0 Å². The van der Waals surface area contributed by atoms with Crippen molar-refractivity contribution in [1.82, 2.24) is 4.90 Å². The van der Waals surface area contributed by atoms with Crippen LogP contribution in [-0.2, 0) is 13.0 Å². The van der Waals surface area contributed by atoms with Gasteiger partial charge in [0.25, 0.3) is 0 Å². The summed E-state index contributed by atoms with van der Waals surface area (Å²) in [6.45, 7) is 2.50. The van der Waals surface area contributed by atoms with Crippen LogP contribution in [0.5, 0.6) is 17.2 Å². The first kappa shape index (κ1) is 21.2. The van der Waals surface area contributed by atoms with E-state index in [4.69, 9.17) is 14.2 Å². The maximum Gasteiger partial charge on any atom is 0.161 e. The molecule has 1 aliphatic rings. The molecule has 0 aliphatic carbocycles. The predicted octanol–water partition coefficient (Wildman–Crippen LogP) is 4.17. The Morgan fingerprint density at radius 3 is 2.19 bits per heavy atom. The highest BCUT2D eigenvalue weighted by atomic mass is 16.5. The molecule has 162 valence electrons. The summed E-state index contributed by atoms with van der Waals surface area (Å²) in [5.74, 6) is 2.27. The number of aliphatic hydroxyl groups excluding tert-OH is 1. The number of rotatable bonds is 8. The molecule has 0 aromatic heterocycles. The number of hydrogen-bond donors (Lipinski definition) is 1. The summed E-state index contributed by atoms with van der Waals surface area (Å²) in [5.41, 5.74) is 4.81. The van der Waals surface area contributed by atoms with Gasteiger partial charge in [0.2, 0.25) is 0 Å². The Morgan fingerprint density at radius 1 is 0.871 bits per heavy atom. The molecule has 1 aliphatic heterocycles. The Labute approximate surface area is 183 Å². The Balaban J connectivity index is 1.30. The largest absolute Gasteiger partial charge is 0.493 e. The molecule has 0 radical (unpaired) electrons. The van der Waals surface area contributed by atoms with E-state index in [-0.39, 0.29) is 6.61 Å². The van der Waals surface area contributed by atoms with Crippen LogP contribution >= 0.6 is 0 Å². The highest BCUT2D eigenvalue weighted by Gasteiger charge is 2.21. The molecule has 0 fully saturated rings. The molecule has 0 saturated carbocycles. The molecule has 0 saturated heterocycles. The third kappa shape index (κ3) is 5.19. The van der Waals surface area contributed by atoms with Crippen molar-refractivity contribution in [3.05, 3.63) is 77.9 Å². The summed E-state index contributed by atoms with van der Waals surface area (Å²) < 4.78 is 16.7. The lowest BCUT2D eigenvalue weighted by atomic mass is 9.98. The van der Waals surface area contributed by atoms with Gasteiger partial charge in [0, 0.05) is 19.6 Å². The SMILES string of the molecule is COc1cc2c(cc1OC)CN(CC(O)COc1ccc(-c3ccccc3)cc1)CC2. The predicted molar refractivity (Wildman–Crippen MR) is 122 cm³/mol. The molecule has 1 unspecified atom stereocenters.